The van der Waals surface area contributed by atoms with Gasteiger partial charge in [0.05, 0.1) is 0 Å². The molecule has 1 fully saturated rings. The molecule has 0 radical (unpaired) electrons. The third-order valence-corrected chi connectivity index (χ3v) is 3.28. The van der Waals surface area contributed by atoms with Crippen molar-refractivity contribution in [3.8, 4) is 0 Å². The van der Waals surface area contributed by atoms with Gasteiger partial charge in [-0.1, -0.05) is 0 Å². The molecule has 0 aromatic rings. The number of amides is 1. The van der Waals surface area contributed by atoms with E-state index in [1.165, 1.54) is 4.90 Å². The molecular formula is C11H20N2O3. The predicted octanol–water partition coefficient (Wildman–Crippen LogP) is 0.295. The second-order valence-electron chi connectivity index (χ2n) is 4.54. The first-order valence-electron chi connectivity index (χ1n) is 5.71. The monoisotopic (exact) mass is 228 g/mol. The van der Waals surface area contributed by atoms with Crippen molar-refractivity contribution in [3.63, 3.8) is 0 Å². The fraction of sp³-hybridized carbons (Fsp3) is 0.818. The van der Waals surface area contributed by atoms with Gasteiger partial charge in [0.15, 0.2) is 0 Å². The molecular weight excluding hydrogens is 208 g/mol. The average Bonchev–Trinajstić information content (AvgIpc) is 2.27. The van der Waals surface area contributed by atoms with E-state index < -0.39 is 5.97 Å². The highest BCUT2D eigenvalue weighted by atomic mass is 16.4. The van der Waals surface area contributed by atoms with E-state index in [9.17, 15) is 9.59 Å². The molecule has 0 atom stereocenters. The maximum Gasteiger partial charge on any atom is 0.323 e. The van der Waals surface area contributed by atoms with Crippen LogP contribution in [0.3, 0.4) is 0 Å². The Hall–Kier alpha value is -1.10. The van der Waals surface area contributed by atoms with Crippen LogP contribution in [0.2, 0.25) is 0 Å². The van der Waals surface area contributed by atoms with Crippen molar-refractivity contribution in [3.05, 3.63) is 0 Å². The molecule has 0 spiro atoms. The Morgan fingerprint density at radius 2 is 1.88 bits per heavy atom. The summed E-state index contributed by atoms with van der Waals surface area (Å²) < 4.78 is 0. The van der Waals surface area contributed by atoms with Crippen molar-refractivity contribution >= 4 is 11.9 Å². The van der Waals surface area contributed by atoms with Crippen LogP contribution in [0.25, 0.3) is 0 Å². The number of hydrogen-bond donors (Lipinski definition) is 2. The van der Waals surface area contributed by atoms with E-state index in [0.717, 1.165) is 25.7 Å². The summed E-state index contributed by atoms with van der Waals surface area (Å²) in [6, 6.07) is 0. The summed E-state index contributed by atoms with van der Waals surface area (Å²) in [4.78, 5) is 23.6. The van der Waals surface area contributed by atoms with Crippen molar-refractivity contribution in [1.29, 1.82) is 0 Å². The van der Waals surface area contributed by atoms with E-state index in [4.69, 9.17) is 10.8 Å². The van der Waals surface area contributed by atoms with Gasteiger partial charge in [0.2, 0.25) is 5.91 Å². The van der Waals surface area contributed by atoms with Crippen LogP contribution in [-0.2, 0) is 9.59 Å². The Labute approximate surface area is 95.6 Å². The molecule has 5 nitrogen and oxygen atoms in total. The molecule has 1 aliphatic carbocycles. The zero-order chi connectivity index (χ0) is 12.1. The van der Waals surface area contributed by atoms with E-state index in [1.54, 1.807) is 7.05 Å². The highest BCUT2D eigenvalue weighted by Gasteiger charge is 2.28. The topological polar surface area (TPSA) is 83.6 Å². The smallest absolute Gasteiger partial charge is 0.323 e. The molecule has 0 aromatic carbocycles. The highest BCUT2D eigenvalue weighted by molar-refractivity contribution is 5.82. The first kappa shape index (κ1) is 13.0. The van der Waals surface area contributed by atoms with Gasteiger partial charge in [-0.15, -0.1) is 0 Å². The Bertz CT molecular complexity index is 260. The molecule has 1 aliphatic rings. The summed E-state index contributed by atoms with van der Waals surface area (Å²) in [7, 11) is 1.55. The van der Waals surface area contributed by atoms with Crippen molar-refractivity contribution < 1.29 is 14.7 Å². The average molecular weight is 228 g/mol. The lowest BCUT2D eigenvalue weighted by Crippen LogP contribution is -2.38. The molecule has 0 aliphatic heterocycles. The number of carboxylic acids is 1. The largest absolute Gasteiger partial charge is 0.480 e. The number of carbonyl (C=O) groups is 2. The SMILES string of the molecule is CN(CC(=O)O)C(=O)C1CCC(CN)CC1. The lowest BCUT2D eigenvalue weighted by Gasteiger charge is -2.29. The van der Waals surface area contributed by atoms with Gasteiger partial charge in [0.1, 0.15) is 6.54 Å². The van der Waals surface area contributed by atoms with E-state index >= 15 is 0 Å². The molecule has 5 heteroatoms. The van der Waals surface area contributed by atoms with Crippen LogP contribution in [0.4, 0.5) is 0 Å². The van der Waals surface area contributed by atoms with Gasteiger partial charge < -0.3 is 15.7 Å². The predicted molar refractivity (Wildman–Crippen MR) is 59.8 cm³/mol. The number of likely N-dealkylation sites (N-methyl/N-ethyl adjacent to an activating group) is 1. The molecule has 0 unspecified atom stereocenters. The minimum absolute atomic E-state index is 0.00727. The minimum atomic E-state index is -0.966. The maximum atomic E-state index is 11.9. The van der Waals surface area contributed by atoms with Crippen LogP contribution in [0.1, 0.15) is 25.7 Å². The highest BCUT2D eigenvalue weighted by Crippen LogP contribution is 2.29. The minimum Gasteiger partial charge on any atom is -0.480 e. The molecule has 1 amide bonds. The summed E-state index contributed by atoms with van der Waals surface area (Å²) in [5, 5.41) is 8.60. The van der Waals surface area contributed by atoms with Crippen molar-refractivity contribution in [1.82, 2.24) is 4.90 Å². The number of nitrogens with zero attached hydrogens (tertiary/aromatic N) is 1. The summed E-state index contributed by atoms with van der Waals surface area (Å²) in [6.07, 6.45) is 3.64. The van der Waals surface area contributed by atoms with Crippen LogP contribution in [0.15, 0.2) is 0 Å². The van der Waals surface area contributed by atoms with E-state index in [1.807, 2.05) is 0 Å². The Kier molecular flexibility index (Phi) is 4.73. The fourth-order valence-electron chi connectivity index (χ4n) is 2.24. The zero-order valence-electron chi connectivity index (χ0n) is 9.69. The Balaban J connectivity index is 2.40. The first-order valence-corrected chi connectivity index (χ1v) is 5.71. The maximum absolute atomic E-state index is 11.9. The van der Waals surface area contributed by atoms with Crippen LogP contribution in [0, 0.1) is 11.8 Å². The van der Waals surface area contributed by atoms with E-state index in [2.05, 4.69) is 0 Å². The van der Waals surface area contributed by atoms with Crippen LogP contribution in [-0.4, -0.2) is 42.0 Å². The van der Waals surface area contributed by atoms with Crippen molar-refractivity contribution in [2.45, 2.75) is 25.7 Å². The van der Waals surface area contributed by atoms with Gasteiger partial charge in [0.25, 0.3) is 0 Å². The number of aliphatic carboxylic acids is 1. The molecule has 0 saturated heterocycles. The first-order chi connectivity index (χ1) is 7.54. The van der Waals surface area contributed by atoms with Gasteiger partial charge in [-0.3, -0.25) is 9.59 Å². The van der Waals surface area contributed by atoms with Crippen LogP contribution >= 0.6 is 0 Å². The summed E-state index contributed by atoms with van der Waals surface area (Å²) >= 11 is 0. The number of hydrogen-bond acceptors (Lipinski definition) is 3. The Morgan fingerprint density at radius 1 is 1.31 bits per heavy atom. The van der Waals surface area contributed by atoms with E-state index in [-0.39, 0.29) is 18.4 Å². The van der Waals surface area contributed by atoms with Gasteiger partial charge >= 0.3 is 5.97 Å². The van der Waals surface area contributed by atoms with Gasteiger partial charge in [0, 0.05) is 13.0 Å². The number of nitrogens with two attached hydrogens (primary N) is 1. The normalized spacial score (nSPS) is 25.1. The summed E-state index contributed by atoms with van der Waals surface area (Å²) in [6.45, 7) is 0.474. The second kappa shape index (κ2) is 5.84. The summed E-state index contributed by atoms with van der Waals surface area (Å²) in [5.41, 5.74) is 5.58. The lowest BCUT2D eigenvalue weighted by atomic mass is 9.81. The Morgan fingerprint density at radius 3 is 2.31 bits per heavy atom. The zero-order valence-corrected chi connectivity index (χ0v) is 9.69. The molecule has 0 bridgehead atoms. The van der Waals surface area contributed by atoms with Gasteiger partial charge in [-0.2, -0.15) is 0 Å². The number of rotatable bonds is 4. The quantitative estimate of drug-likeness (QED) is 0.724. The van der Waals surface area contributed by atoms with E-state index in [0.29, 0.717) is 12.5 Å². The molecule has 0 aromatic heterocycles. The number of carbonyl (C=O) groups excluding carboxylic acids is 1. The van der Waals surface area contributed by atoms with Gasteiger partial charge in [-0.25, -0.2) is 0 Å². The molecule has 16 heavy (non-hydrogen) atoms. The van der Waals surface area contributed by atoms with Crippen molar-refractivity contribution in [2.24, 2.45) is 17.6 Å². The molecule has 1 rings (SSSR count). The molecule has 1 saturated carbocycles. The number of carboxylic acid groups (broad SMARTS) is 1. The third-order valence-electron chi connectivity index (χ3n) is 3.28. The molecule has 0 heterocycles. The van der Waals surface area contributed by atoms with Gasteiger partial charge in [-0.05, 0) is 38.1 Å². The molecule has 3 N–H and O–H groups in total. The van der Waals surface area contributed by atoms with Crippen molar-refractivity contribution in [2.75, 3.05) is 20.1 Å². The third kappa shape index (κ3) is 3.48. The standard InChI is InChI=1S/C11H20N2O3/c1-13(7-10(14)15)11(16)9-4-2-8(6-12)3-5-9/h8-9H,2-7,12H2,1H3,(H,14,15). The van der Waals surface area contributed by atoms with Crippen LogP contribution in [0.5, 0.6) is 0 Å². The lowest BCUT2D eigenvalue weighted by molar-refractivity contribution is -0.145. The molecule has 92 valence electrons. The summed E-state index contributed by atoms with van der Waals surface area (Å²) in [5.74, 6) is -0.481. The van der Waals surface area contributed by atoms with Crippen LogP contribution < -0.4 is 5.73 Å². The fourth-order valence-corrected chi connectivity index (χ4v) is 2.24. The second-order valence-corrected chi connectivity index (χ2v) is 4.54.